The van der Waals surface area contributed by atoms with E-state index < -0.39 is 0 Å². The lowest BCUT2D eigenvalue weighted by Crippen LogP contribution is -2.28. The van der Waals surface area contributed by atoms with Gasteiger partial charge in [0.15, 0.2) is 4.34 Å². The van der Waals surface area contributed by atoms with Crippen molar-refractivity contribution in [2.45, 2.75) is 11.3 Å². The number of halogens is 1. The predicted molar refractivity (Wildman–Crippen MR) is 95.0 cm³/mol. The Hall–Kier alpha value is -1.35. The summed E-state index contributed by atoms with van der Waals surface area (Å²) in [7, 11) is 1.60. The van der Waals surface area contributed by atoms with Gasteiger partial charge in [-0.05, 0) is 24.6 Å². The van der Waals surface area contributed by atoms with Crippen LogP contribution < -0.4 is 10.6 Å². The van der Waals surface area contributed by atoms with Gasteiger partial charge in [0.05, 0.1) is 12.4 Å². The Bertz CT molecular complexity index is 666. The van der Waals surface area contributed by atoms with Gasteiger partial charge in [-0.2, -0.15) is 0 Å². The average Bonchev–Trinajstić information content (AvgIpc) is 2.97. The summed E-state index contributed by atoms with van der Waals surface area (Å²) in [6.45, 7) is 2.96. The maximum absolute atomic E-state index is 11.6. The van der Waals surface area contributed by atoms with Gasteiger partial charge in [-0.1, -0.05) is 40.8 Å². The number of carbonyl (C=O) groups is 1. The van der Waals surface area contributed by atoms with E-state index >= 15 is 0 Å². The molecule has 0 aliphatic carbocycles. The molecule has 124 valence electrons. The van der Waals surface area contributed by atoms with Crippen molar-refractivity contribution in [1.29, 1.82) is 0 Å². The second-order valence-corrected chi connectivity index (χ2v) is 7.20. The van der Waals surface area contributed by atoms with Crippen LogP contribution in [-0.4, -0.2) is 42.1 Å². The Morgan fingerprint density at radius 1 is 1.43 bits per heavy atom. The largest absolute Gasteiger partial charge is 0.383 e. The van der Waals surface area contributed by atoms with Crippen molar-refractivity contribution in [2.24, 2.45) is 0 Å². The second kappa shape index (κ2) is 9.07. The molecule has 0 aliphatic rings. The van der Waals surface area contributed by atoms with E-state index in [-0.39, 0.29) is 5.91 Å². The van der Waals surface area contributed by atoms with Crippen molar-refractivity contribution in [1.82, 2.24) is 15.5 Å². The molecule has 9 heteroatoms. The summed E-state index contributed by atoms with van der Waals surface area (Å²) in [4.78, 5) is 11.6. The molecule has 2 N–H and O–H groups in total. The molecule has 1 heterocycles. The summed E-state index contributed by atoms with van der Waals surface area (Å²) in [5.74, 6) is 0.247. The van der Waals surface area contributed by atoms with Gasteiger partial charge >= 0.3 is 0 Å². The highest BCUT2D eigenvalue weighted by atomic mass is 35.5. The third-order valence-corrected chi connectivity index (χ3v) is 5.16. The van der Waals surface area contributed by atoms with Crippen molar-refractivity contribution in [3.63, 3.8) is 0 Å². The minimum Gasteiger partial charge on any atom is -0.383 e. The van der Waals surface area contributed by atoms with E-state index in [4.69, 9.17) is 16.3 Å². The summed E-state index contributed by atoms with van der Waals surface area (Å²) < 4.78 is 5.60. The number of hydrogen-bond acceptors (Lipinski definition) is 7. The van der Waals surface area contributed by atoms with E-state index in [1.54, 1.807) is 7.11 Å². The summed E-state index contributed by atoms with van der Waals surface area (Å²) in [5, 5.41) is 15.4. The first-order chi connectivity index (χ1) is 11.1. The zero-order chi connectivity index (χ0) is 16.7. The van der Waals surface area contributed by atoms with Crippen LogP contribution in [0.5, 0.6) is 0 Å². The molecule has 0 unspecified atom stereocenters. The Kier molecular flexibility index (Phi) is 7.10. The molecule has 6 nitrogen and oxygen atoms in total. The van der Waals surface area contributed by atoms with Gasteiger partial charge in [-0.25, -0.2) is 0 Å². The topological polar surface area (TPSA) is 76.1 Å². The van der Waals surface area contributed by atoms with Gasteiger partial charge < -0.3 is 15.4 Å². The van der Waals surface area contributed by atoms with E-state index in [1.165, 1.54) is 23.1 Å². The quantitative estimate of drug-likeness (QED) is 0.547. The standard InChI is InChI=1S/C14H17ClN4O2S2/c1-9-3-4-10(7-11(9)15)17-13-18-19-14(23-13)22-8-12(20)16-5-6-21-2/h3-4,7H,5-6,8H2,1-2H3,(H,16,20)(H,17,18). The molecule has 23 heavy (non-hydrogen) atoms. The third-order valence-electron chi connectivity index (χ3n) is 2.78. The fourth-order valence-electron chi connectivity index (χ4n) is 1.58. The fourth-order valence-corrected chi connectivity index (χ4v) is 3.37. The second-order valence-electron chi connectivity index (χ2n) is 4.59. The van der Waals surface area contributed by atoms with Crippen LogP contribution in [0.2, 0.25) is 5.02 Å². The Morgan fingerprint density at radius 3 is 3.00 bits per heavy atom. The monoisotopic (exact) mass is 372 g/mol. The van der Waals surface area contributed by atoms with E-state index in [9.17, 15) is 4.79 Å². The minimum absolute atomic E-state index is 0.0536. The number of benzene rings is 1. The van der Waals surface area contributed by atoms with Crippen LogP contribution >= 0.6 is 34.7 Å². The fraction of sp³-hybridized carbons (Fsp3) is 0.357. The molecular weight excluding hydrogens is 356 g/mol. The number of nitrogens with zero attached hydrogens (tertiary/aromatic N) is 2. The molecule has 0 radical (unpaired) electrons. The molecule has 0 saturated heterocycles. The molecule has 0 aliphatic heterocycles. The first-order valence-corrected chi connectivity index (χ1v) is 9.01. The van der Waals surface area contributed by atoms with Crippen LogP contribution in [0.4, 0.5) is 10.8 Å². The molecule has 2 rings (SSSR count). The van der Waals surface area contributed by atoms with Crippen LogP contribution in [0.25, 0.3) is 0 Å². The Morgan fingerprint density at radius 2 is 2.26 bits per heavy atom. The molecule has 0 saturated carbocycles. The molecule has 1 aromatic heterocycles. The summed E-state index contributed by atoms with van der Waals surface area (Å²) in [6.07, 6.45) is 0. The highest BCUT2D eigenvalue weighted by Crippen LogP contribution is 2.28. The lowest BCUT2D eigenvalue weighted by molar-refractivity contribution is -0.118. The maximum Gasteiger partial charge on any atom is 0.230 e. The van der Waals surface area contributed by atoms with Crippen LogP contribution in [-0.2, 0) is 9.53 Å². The maximum atomic E-state index is 11.6. The van der Waals surface area contributed by atoms with E-state index in [0.29, 0.717) is 29.1 Å². The van der Waals surface area contributed by atoms with Crippen molar-refractivity contribution in [2.75, 3.05) is 31.3 Å². The van der Waals surface area contributed by atoms with Crippen LogP contribution in [0.15, 0.2) is 22.5 Å². The smallest absolute Gasteiger partial charge is 0.230 e. The van der Waals surface area contributed by atoms with Gasteiger partial charge in [0.2, 0.25) is 11.0 Å². The molecular formula is C14H17ClN4O2S2. The number of ether oxygens (including phenoxy) is 1. The number of methoxy groups -OCH3 is 1. The van der Waals surface area contributed by atoms with Gasteiger partial charge in [0.25, 0.3) is 0 Å². The first-order valence-electron chi connectivity index (χ1n) is 6.83. The number of carbonyl (C=O) groups excluding carboxylic acids is 1. The number of anilines is 2. The van der Waals surface area contributed by atoms with Crippen LogP contribution in [0.1, 0.15) is 5.56 Å². The minimum atomic E-state index is -0.0536. The van der Waals surface area contributed by atoms with E-state index in [0.717, 1.165) is 15.6 Å². The first kappa shape index (κ1) is 18.0. The average molecular weight is 373 g/mol. The lowest BCUT2D eigenvalue weighted by Gasteiger charge is -2.04. The highest BCUT2D eigenvalue weighted by molar-refractivity contribution is 8.01. The van der Waals surface area contributed by atoms with E-state index in [1.807, 2.05) is 25.1 Å². The van der Waals surface area contributed by atoms with Crippen molar-refractivity contribution >= 4 is 51.4 Å². The zero-order valence-corrected chi connectivity index (χ0v) is 15.1. The number of hydrogen-bond donors (Lipinski definition) is 2. The summed E-state index contributed by atoms with van der Waals surface area (Å²) in [5.41, 5.74) is 1.87. The Labute approximate surface area is 148 Å². The number of thioether (sulfide) groups is 1. The molecule has 1 aromatic carbocycles. The molecule has 0 fully saturated rings. The van der Waals surface area contributed by atoms with Gasteiger partial charge in [-0.3, -0.25) is 4.79 Å². The summed E-state index contributed by atoms with van der Waals surface area (Å²) >= 11 is 8.83. The molecule has 1 amide bonds. The van der Waals surface area contributed by atoms with Gasteiger partial charge in [0.1, 0.15) is 0 Å². The molecule has 0 atom stereocenters. The number of amides is 1. The molecule has 2 aromatic rings. The Balaban J connectivity index is 1.83. The molecule has 0 spiro atoms. The highest BCUT2D eigenvalue weighted by Gasteiger charge is 2.08. The number of rotatable bonds is 8. The normalized spacial score (nSPS) is 10.6. The summed E-state index contributed by atoms with van der Waals surface area (Å²) in [6, 6.07) is 5.71. The third kappa shape index (κ3) is 5.98. The zero-order valence-electron chi connectivity index (χ0n) is 12.8. The predicted octanol–water partition coefficient (Wildman–Crippen LogP) is 3.10. The van der Waals surface area contributed by atoms with Crippen molar-refractivity contribution in [3.8, 4) is 0 Å². The van der Waals surface area contributed by atoms with E-state index in [2.05, 4.69) is 20.8 Å². The lowest BCUT2D eigenvalue weighted by atomic mass is 10.2. The SMILES string of the molecule is COCCNC(=O)CSc1nnc(Nc2ccc(C)c(Cl)c2)s1. The number of aryl methyl sites for hydroxylation is 1. The van der Waals surface area contributed by atoms with Gasteiger partial charge in [-0.15, -0.1) is 10.2 Å². The molecule has 0 bridgehead atoms. The van der Waals surface area contributed by atoms with Crippen LogP contribution in [0.3, 0.4) is 0 Å². The number of nitrogens with one attached hydrogen (secondary N) is 2. The van der Waals surface area contributed by atoms with Gasteiger partial charge in [0, 0.05) is 24.4 Å². The van der Waals surface area contributed by atoms with Crippen molar-refractivity contribution < 1.29 is 9.53 Å². The van der Waals surface area contributed by atoms with Crippen LogP contribution in [0, 0.1) is 6.92 Å². The number of aromatic nitrogens is 2. The van der Waals surface area contributed by atoms with Crippen molar-refractivity contribution in [3.05, 3.63) is 28.8 Å².